The van der Waals surface area contributed by atoms with Crippen LogP contribution in [0.1, 0.15) is 22.3 Å². The number of hydrogen-bond acceptors (Lipinski definition) is 5. The summed E-state index contributed by atoms with van der Waals surface area (Å²) in [4.78, 5) is 11.9. The van der Waals surface area contributed by atoms with E-state index in [4.69, 9.17) is 0 Å². The van der Waals surface area contributed by atoms with E-state index in [0.717, 1.165) is 17.1 Å². The van der Waals surface area contributed by atoms with Gasteiger partial charge in [0.25, 0.3) is 5.91 Å². The number of benzene rings is 1. The molecule has 0 aliphatic carbocycles. The minimum absolute atomic E-state index is 0.118. The van der Waals surface area contributed by atoms with Gasteiger partial charge < -0.3 is 5.32 Å². The second kappa shape index (κ2) is 5.91. The van der Waals surface area contributed by atoms with Crippen LogP contribution in [0.15, 0.2) is 12.1 Å². The highest BCUT2D eigenvalue weighted by atomic mass is 32.1. The molecule has 0 bridgehead atoms. The van der Waals surface area contributed by atoms with Gasteiger partial charge in [0.1, 0.15) is 22.3 Å². The molecule has 0 atom stereocenters. The van der Waals surface area contributed by atoms with Crippen LogP contribution in [0.25, 0.3) is 0 Å². The summed E-state index contributed by atoms with van der Waals surface area (Å²) in [7, 11) is 1.40. The highest BCUT2D eigenvalue weighted by molar-refractivity contribution is 7.15. The predicted molar refractivity (Wildman–Crippen MR) is 73.1 cm³/mol. The molecule has 0 saturated carbocycles. The predicted octanol–water partition coefficient (Wildman–Crippen LogP) is 2.67. The molecule has 0 aliphatic heterocycles. The van der Waals surface area contributed by atoms with Gasteiger partial charge >= 0.3 is 0 Å². The minimum atomic E-state index is -0.829. The fourth-order valence-electron chi connectivity index (χ4n) is 1.56. The molecule has 8 heteroatoms. The zero-order valence-electron chi connectivity index (χ0n) is 10.8. The maximum Gasteiger partial charge on any atom is 0.257 e. The summed E-state index contributed by atoms with van der Waals surface area (Å²) >= 11 is 1.22. The maximum absolute atomic E-state index is 13.6. The van der Waals surface area contributed by atoms with Crippen LogP contribution in [0.3, 0.4) is 0 Å². The number of aromatic nitrogens is 2. The maximum atomic E-state index is 13.6. The Morgan fingerprint density at radius 3 is 2.45 bits per heavy atom. The number of nitrogens with zero attached hydrogens (tertiary/aromatic N) is 2. The molecular formula is C12H12F2N4OS. The van der Waals surface area contributed by atoms with Crippen molar-refractivity contribution < 1.29 is 13.6 Å². The topological polar surface area (TPSA) is 66.9 Å². The lowest BCUT2D eigenvalue weighted by Crippen LogP contribution is -2.13. The lowest BCUT2D eigenvalue weighted by molar-refractivity contribution is 0.102. The van der Waals surface area contributed by atoms with E-state index in [9.17, 15) is 13.6 Å². The van der Waals surface area contributed by atoms with Gasteiger partial charge in [-0.2, -0.15) is 0 Å². The minimum Gasteiger partial charge on any atom is -0.383 e. The molecular weight excluding hydrogens is 286 g/mol. The van der Waals surface area contributed by atoms with Gasteiger partial charge in [-0.15, -0.1) is 10.2 Å². The Hall–Kier alpha value is -2.09. The molecule has 1 heterocycles. The van der Waals surface area contributed by atoms with Crippen molar-refractivity contribution in [1.82, 2.24) is 10.2 Å². The van der Waals surface area contributed by atoms with Crippen molar-refractivity contribution >= 4 is 28.1 Å². The van der Waals surface area contributed by atoms with Crippen LogP contribution in [0.2, 0.25) is 0 Å². The van der Waals surface area contributed by atoms with E-state index >= 15 is 0 Å². The number of hydrogen-bond donors (Lipinski definition) is 2. The standard InChI is InChI=1S/C12H12F2N4OS/c1-3-9-17-18-12(20-9)16-11(19)6-4-7(13)10(15-2)8(14)5-6/h4-5,15H,3H2,1-2H3,(H,16,18,19). The van der Waals surface area contributed by atoms with Crippen LogP contribution in [-0.4, -0.2) is 23.2 Å². The molecule has 5 nitrogen and oxygen atoms in total. The summed E-state index contributed by atoms with van der Waals surface area (Å²) in [6.07, 6.45) is 0.702. The molecule has 2 N–H and O–H groups in total. The first-order valence-corrected chi connectivity index (χ1v) is 6.67. The average molecular weight is 298 g/mol. The van der Waals surface area contributed by atoms with Gasteiger partial charge in [-0.1, -0.05) is 18.3 Å². The third-order valence-electron chi connectivity index (χ3n) is 2.54. The van der Waals surface area contributed by atoms with Crippen LogP contribution in [0.4, 0.5) is 19.6 Å². The quantitative estimate of drug-likeness (QED) is 0.910. The fourth-order valence-corrected chi connectivity index (χ4v) is 2.23. The lowest BCUT2D eigenvalue weighted by Gasteiger charge is -2.07. The molecule has 2 rings (SSSR count). The largest absolute Gasteiger partial charge is 0.383 e. The summed E-state index contributed by atoms with van der Waals surface area (Å²) in [5.74, 6) is -2.29. The number of anilines is 2. The molecule has 0 radical (unpaired) electrons. The van der Waals surface area contributed by atoms with Gasteiger partial charge in [0.05, 0.1) is 0 Å². The summed E-state index contributed by atoms with van der Waals surface area (Å²) < 4.78 is 27.1. The van der Waals surface area contributed by atoms with Gasteiger partial charge in [-0.05, 0) is 18.6 Å². The Kier molecular flexibility index (Phi) is 4.23. The number of nitrogens with one attached hydrogen (secondary N) is 2. The van der Waals surface area contributed by atoms with Crippen LogP contribution in [-0.2, 0) is 6.42 Å². The number of carbonyl (C=O) groups excluding carboxylic acids is 1. The first kappa shape index (κ1) is 14.3. The molecule has 0 spiro atoms. The Morgan fingerprint density at radius 2 is 1.95 bits per heavy atom. The molecule has 0 aliphatic rings. The lowest BCUT2D eigenvalue weighted by atomic mass is 10.1. The molecule has 1 aromatic carbocycles. The van der Waals surface area contributed by atoms with Gasteiger partial charge in [0.15, 0.2) is 0 Å². The van der Waals surface area contributed by atoms with Crippen LogP contribution in [0, 0.1) is 11.6 Å². The van der Waals surface area contributed by atoms with Gasteiger partial charge in [0, 0.05) is 12.6 Å². The molecule has 1 amide bonds. The SMILES string of the molecule is CCc1nnc(NC(=O)c2cc(F)c(NC)c(F)c2)s1. The number of amides is 1. The van der Waals surface area contributed by atoms with Crippen LogP contribution >= 0.6 is 11.3 Å². The van der Waals surface area contributed by atoms with Crippen LogP contribution < -0.4 is 10.6 Å². The van der Waals surface area contributed by atoms with Crippen molar-refractivity contribution in [2.24, 2.45) is 0 Å². The summed E-state index contributed by atoms with van der Waals surface area (Å²) in [6, 6.07) is 1.93. The van der Waals surface area contributed by atoms with E-state index in [0.29, 0.717) is 11.6 Å². The summed E-state index contributed by atoms with van der Waals surface area (Å²) in [5.41, 5.74) is -0.391. The summed E-state index contributed by atoms with van der Waals surface area (Å²) in [5, 5.41) is 13.5. The monoisotopic (exact) mass is 298 g/mol. The van der Waals surface area contributed by atoms with E-state index < -0.39 is 17.5 Å². The van der Waals surface area contributed by atoms with Crippen molar-refractivity contribution in [2.45, 2.75) is 13.3 Å². The fraction of sp³-hybridized carbons (Fsp3) is 0.250. The number of halogens is 2. The molecule has 2 aromatic rings. The molecule has 106 valence electrons. The third kappa shape index (κ3) is 2.90. The van der Waals surface area contributed by atoms with E-state index in [1.165, 1.54) is 18.4 Å². The van der Waals surface area contributed by atoms with E-state index in [-0.39, 0.29) is 11.3 Å². The summed E-state index contributed by atoms with van der Waals surface area (Å²) in [6.45, 7) is 1.91. The Bertz CT molecular complexity index is 621. The number of carbonyl (C=O) groups is 1. The van der Waals surface area contributed by atoms with E-state index in [1.54, 1.807) is 0 Å². The van der Waals surface area contributed by atoms with E-state index in [1.807, 2.05) is 6.92 Å². The Labute approximate surface area is 118 Å². The number of aryl methyl sites for hydroxylation is 1. The van der Waals surface area contributed by atoms with Gasteiger partial charge in [-0.3, -0.25) is 10.1 Å². The highest BCUT2D eigenvalue weighted by Crippen LogP contribution is 2.22. The van der Waals surface area contributed by atoms with Crippen molar-refractivity contribution in [3.63, 3.8) is 0 Å². The normalized spacial score (nSPS) is 10.4. The first-order chi connectivity index (χ1) is 9.55. The first-order valence-electron chi connectivity index (χ1n) is 5.85. The zero-order valence-corrected chi connectivity index (χ0v) is 11.6. The van der Waals surface area contributed by atoms with Crippen molar-refractivity contribution in [3.05, 3.63) is 34.3 Å². The molecule has 0 fully saturated rings. The smallest absolute Gasteiger partial charge is 0.257 e. The second-order valence-electron chi connectivity index (χ2n) is 3.87. The zero-order chi connectivity index (χ0) is 14.7. The number of rotatable bonds is 4. The molecule has 1 aromatic heterocycles. The van der Waals surface area contributed by atoms with Gasteiger partial charge in [-0.25, -0.2) is 8.78 Å². The van der Waals surface area contributed by atoms with Gasteiger partial charge in [0.2, 0.25) is 5.13 Å². The molecule has 20 heavy (non-hydrogen) atoms. The van der Waals surface area contributed by atoms with Crippen molar-refractivity contribution in [1.29, 1.82) is 0 Å². The van der Waals surface area contributed by atoms with E-state index in [2.05, 4.69) is 20.8 Å². The highest BCUT2D eigenvalue weighted by Gasteiger charge is 2.15. The third-order valence-corrected chi connectivity index (χ3v) is 3.53. The van der Waals surface area contributed by atoms with Crippen LogP contribution in [0.5, 0.6) is 0 Å². The Balaban J connectivity index is 2.21. The van der Waals surface area contributed by atoms with Crippen molar-refractivity contribution in [3.8, 4) is 0 Å². The Morgan fingerprint density at radius 1 is 1.30 bits per heavy atom. The second-order valence-corrected chi connectivity index (χ2v) is 4.94. The molecule has 0 unspecified atom stereocenters. The van der Waals surface area contributed by atoms with Crippen molar-refractivity contribution in [2.75, 3.05) is 17.7 Å². The molecule has 0 saturated heterocycles. The average Bonchev–Trinajstić information content (AvgIpc) is 2.86.